The van der Waals surface area contributed by atoms with Crippen molar-refractivity contribution in [3.8, 4) is 11.1 Å². The van der Waals surface area contributed by atoms with Gasteiger partial charge in [-0.15, -0.1) is 0 Å². The molecule has 21 heavy (non-hydrogen) atoms. The van der Waals surface area contributed by atoms with E-state index in [4.69, 9.17) is 0 Å². The van der Waals surface area contributed by atoms with Crippen LogP contribution >= 0.6 is 0 Å². The van der Waals surface area contributed by atoms with Gasteiger partial charge in [-0.1, -0.05) is 96.2 Å². The van der Waals surface area contributed by atoms with Crippen LogP contribution in [0.15, 0.2) is 78.9 Å². The molecule has 0 spiro atoms. The monoisotopic (exact) mass is 283 g/mol. The average Bonchev–Trinajstić information content (AvgIpc) is 2.56. The predicted molar refractivity (Wildman–Crippen MR) is 92.6 cm³/mol. The fraction of sp³-hybridized carbons (Fsp3) is 0. The van der Waals surface area contributed by atoms with Crippen LogP contribution < -0.4 is 5.19 Å². The molecular weight excluding hydrogens is 268 g/mol. The fourth-order valence-corrected chi connectivity index (χ4v) is 2.37. The van der Waals surface area contributed by atoms with Crippen molar-refractivity contribution < 1.29 is 0 Å². The Morgan fingerprint density at radius 3 is 1.57 bits per heavy atom. The Kier molecular flexibility index (Phi) is 4.13. The third-order valence-electron chi connectivity index (χ3n) is 3.40. The molecule has 0 saturated heterocycles. The van der Waals surface area contributed by atoms with Crippen LogP contribution in [0.4, 0.5) is 0 Å². The zero-order valence-electron chi connectivity index (χ0n) is 11.7. The van der Waals surface area contributed by atoms with Gasteiger partial charge >= 0.3 is 0 Å². The molecule has 0 amide bonds. The molecule has 0 aliphatic heterocycles. The third-order valence-corrected chi connectivity index (χ3v) is 3.73. The van der Waals surface area contributed by atoms with E-state index in [-0.39, 0.29) is 0 Å². The first-order valence-electron chi connectivity index (χ1n) is 6.96. The largest absolute Gasteiger partial charge is 0.0711 e. The molecule has 0 aromatic heterocycles. The second-order valence-corrected chi connectivity index (χ2v) is 5.52. The molecule has 99 valence electrons. The molecule has 0 fully saturated rings. The smallest absolute Gasteiger partial charge is 0.0673 e. The summed E-state index contributed by atoms with van der Waals surface area (Å²) < 4.78 is 0. The van der Waals surface area contributed by atoms with Crippen LogP contribution in [0.25, 0.3) is 23.3 Å². The van der Waals surface area contributed by atoms with Crippen LogP contribution in [-0.2, 0) is 0 Å². The first-order chi connectivity index (χ1) is 10.3. The van der Waals surface area contributed by atoms with Crippen molar-refractivity contribution in [3.63, 3.8) is 0 Å². The van der Waals surface area contributed by atoms with Gasteiger partial charge in [-0.05, 0) is 22.3 Å². The van der Waals surface area contributed by atoms with Crippen molar-refractivity contribution in [2.75, 3.05) is 0 Å². The van der Waals surface area contributed by atoms with Crippen molar-refractivity contribution >= 4 is 27.6 Å². The maximum Gasteiger partial charge on any atom is 0.0711 e. The lowest BCUT2D eigenvalue weighted by Gasteiger charge is -2.02. The Morgan fingerprint density at radius 2 is 1.00 bits per heavy atom. The van der Waals surface area contributed by atoms with Gasteiger partial charge in [0.1, 0.15) is 0 Å². The van der Waals surface area contributed by atoms with Crippen LogP contribution in [0.1, 0.15) is 11.1 Å². The Labute approximate surface area is 129 Å². The number of hydrogen-bond donors (Lipinski definition) is 0. The second kappa shape index (κ2) is 6.38. The Bertz CT molecular complexity index is 723. The average molecular weight is 283 g/mol. The lowest BCUT2D eigenvalue weighted by Crippen LogP contribution is -1.98. The van der Waals surface area contributed by atoms with Crippen molar-refractivity contribution in [1.82, 2.24) is 0 Å². The minimum atomic E-state index is 1.10. The molecule has 3 rings (SSSR count). The Hall–Kier alpha value is -2.38. The highest BCUT2D eigenvalue weighted by Gasteiger charge is 1.95. The summed E-state index contributed by atoms with van der Waals surface area (Å²) in [5.41, 5.74) is 4.90. The van der Waals surface area contributed by atoms with E-state index in [2.05, 4.69) is 95.2 Å². The van der Waals surface area contributed by atoms with E-state index < -0.39 is 0 Å². The zero-order valence-corrected chi connectivity index (χ0v) is 12.7. The summed E-state index contributed by atoms with van der Waals surface area (Å²) >= 11 is 0. The lowest BCUT2D eigenvalue weighted by atomic mass is 10.0. The molecule has 0 aliphatic rings. The summed E-state index contributed by atoms with van der Waals surface area (Å²) in [6.45, 7) is 0. The van der Waals surface area contributed by atoms with Crippen molar-refractivity contribution in [2.45, 2.75) is 0 Å². The molecule has 0 nitrogen and oxygen atoms in total. The molecule has 0 heterocycles. The van der Waals surface area contributed by atoms with E-state index in [9.17, 15) is 0 Å². The highest BCUT2D eigenvalue weighted by Crippen LogP contribution is 2.20. The van der Waals surface area contributed by atoms with Gasteiger partial charge in [0.25, 0.3) is 0 Å². The summed E-state index contributed by atoms with van der Waals surface area (Å²) in [7, 11) is 3.50. The topological polar surface area (TPSA) is 0 Å². The summed E-state index contributed by atoms with van der Waals surface area (Å²) in [6.07, 6.45) is 4.26. The van der Waals surface area contributed by atoms with Crippen LogP contribution in [0.2, 0.25) is 0 Å². The van der Waals surface area contributed by atoms with E-state index in [0.29, 0.717) is 0 Å². The van der Waals surface area contributed by atoms with E-state index in [1.165, 1.54) is 22.3 Å². The van der Waals surface area contributed by atoms with Crippen LogP contribution in [0.5, 0.6) is 0 Å². The van der Waals surface area contributed by atoms with Crippen molar-refractivity contribution in [3.05, 3.63) is 90.0 Å². The highest BCUT2D eigenvalue weighted by molar-refractivity contribution is 6.32. The molecule has 0 aliphatic carbocycles. The van der Waals surface area contributed by atoms with Gasteiger partial charge in [0.15, 0.2) is 0 Å². The maximum absolute atomic E-state index is 3.50. The summed E-state index contributed by atoms with van der Waals surface area (Å²) in [5.74, 6) is 0. The third kappa shape index (κ3) is 3.59. The minimum Gasteiger partial charge on any atom is -0.0673 e. The molecule has 0 atom stereocenters. The molecule has 3 aromatic carbocycles. The molecule has 3 aromatic rings. The van der Waals surface area contributed by atoms with Crippen molar-refractivity contribution in [2.24, 2.45) is 0 Å². The predicted octanol–water partition coefficient (Wildman–Crippen LogP) is 4.32. The van der Waals surface area contributed by atoms with Crippen LogP contribution in [0.3, 0.4) is 0 Å². The number of benzene rings is 3. The number of rotatable bonds is 3. The quantitative estimate of drug-likeness (QED) is 0.496. The summed E-state index contributed by atoms with van der Waals surface area (Å²) in [6, 6.07) is 27.4. The second-order valence-electron chi connectivity index (χ2n) is 4.94. The fourth-order valence-electron chi connectivity index (χ4n) is 2.20. The van der Waals surface area contributed by atoms with E-state index in [0.717, 1.165) is 5.19 Å². The van der Waals surface area contributed by atoms with Gasteiger partial charge in [0, 0.05) is 0 Å². The SMILES string of the molecule is [Si]c1ccc(/C=C/c2ccc(-c3ccccc3)cc2)cc1. The first-order valence-corrected chi connectivity index (χ1v) is 7.46. The van der Waals surface area contributed by atoms with Crippen molar-refractivity contribution in [1.29, 1.82) is 0 Å². The standard InChI is InChI=1S/C20H15Si/c21-20-14-10-17(11-15-20)7-6-16-8-12-19(13-9-16)18-4-2-1-3-5-18/h1-15H/b7-6+. The van der Waals surface area contributed by atoms with E-state index in [1.54, 1.807) is 0 Å². The highest BCUT2D eigenvalue weighted by atomic mass is 28.1. The van der Waals surface area contributed by atoms with E-state index >= 15 is 0 Å². The van der Waals surface area contributed by atoms with Gasteiger partial charge < -0.3 is 0 Å². The Morgan fingerprint density at radius 1 is 0.524 bits per heavy atom. The Balaban J connectivity index is 1.77. The molecular formula is C20H15Si. The van der Waals surface area contributed by atoms with Gasteiger partial charge in [-0.25, -0.2) is 0 Å². The van der Waals surface area contributed by atoms with Gasteiger partial charge in [-0.3, -0.25) is 0 Å². The maximum atomic E-state index is 3.50. The van der Waals surface area contributed by atoms with Gasteiger partial charge in [-0.2, -0.15) is 0 Å². The molecule has 3 radical (unpaired) electrons. The van der Waals surface area contributed by atoms with Crippen LogP contribution in [-0.4, -0.2) is 10.2 Å². The van der Waals surface area contributed by atoms with Gasteiger partial charge in [0.05, 0.1) is 10.2 Å². The molecule has 0 unspecified atom stereocenters. The van der Waals surface area contributed by atoms with E-state index in [1.807, 2.05) is 6.07 Å². The lowest BCUT2D eigenvalue weighted by molar-refractivity contribution is 1.60. The normalized spacial score (nSPS) is 10.9. The van der Waals surface area contributed by atoms with Gasteiger partial charge in [0.2, 0.25) is 0 Å². The zero-order chi connectivity index (χ0) is 14.5. The van der Waals surface area contributed by atoms with Crippen LogP contribution in [0, 0.1) is 0 Å². The molecule has 0 saturated carbocycles. The number of hydrogen-bond acceptors (Lipinski definition) is 0. The molecule has 0 N–H and O–H groups in total. The molecule has 0 bridgehead atoms. The summed E-state index contributed by atoms with van der Waals surface area (Å²) in [5, 5.41) is 1.10. The molecule has 1 heteroatoms. The first kappa shape index (κ1) is 13.6. The summed E-state index contributed by atoms with van der Waals surface area (Å²) in [4.78, 5) is 0. The minimum absolute atomic E-state index is 1.10.